The fourth-order valence-corrected chi connectivity index (χ4v) is 2.42. The highest BCUT2D eigenvalue weighted by Crippen LogP contribution is 2.27. The van der Waals surface area contributed by atoms with Gasteiger partial charge in [0.2, 0.25) is 10.0 Å². The molecule has 7 nitrogen and oxygen atoms in total. The number of benzene rings is 1. The van der Waals surface area contributed by atoms with Gasteiger partial charge in [-0.2, -0.15) is 0 Å². The third-order valence-corrected chi connectivity index (χ3v) is 3.51. The molecule has 0 amide bonds. The van der Waals surface area contributed by atoms with E-state index in [4.69, 9.17) is 4.74 Å². The molecule has 0 radical (unpaired) electrons. The Labute approximate surface area is 104 Å². The van der Waals surface area contributed by atoms with E-state index < -0.39 is 14.9 Å². The zero-order chi connectivity index (χ0) is 13.8. The molecule has 0 aliphatic rings. The number of methoxy groups -OCH3 is 1. The Kier molecular flexibility index (Phi) is 4.40. The number of hydrogen-bond donors (Lipinski definition) is 1. The van der Waals surface area contributed by atoms with Gasteiger partial charge in [0, 0.05) is 18.7 Å². The SMILES string of the molecule is C=CCNS(=O)(=O)c1cc([N+](=O)[O-])ccc1OC. The van der Waals surface area contributed by atoms with E-state index in [1.165, 1.54) is 25.3 Å². The smallest absolute Gasteiger partial charge is 0.271 e. The Balaban J connectivity index is 3.31. The number of sulfonamides is 1. The van der Waals surface area contributed by atoms with Gasteiger partial charge in [-0.3, -0.25) is 10.1 Å². The summed E-state index contributed by atoms with van der Waals surface area (Å²) in [6, 6.07) is 3.36. The lowest BCUT2D eigenvalue weighted by Gasteiger charge is -2.09. The van der Waals surface area contributed by atoms with Crippen LogP contribution in [0.2, 0.25) is 0 Å². The van der Waals surface area contributed by atoms with Crippen molar-refractivity contribution in [2.75, 3.05) is 13.7 Å². The lowest BCUT2D eigenvalue weighted by molar-refractivity contribution is -0.385. The van der Waals surface area contributed by atoms with Crippen LogP contribution < -0.4 is 9.46 Å². The summed E-state index contributed by atoms with van der Waals surface area (Å²) in [5, 5.41) is 10.6. The first-order valence-electron chi connectivity index (χ1n) is 4.85. The molecule has 98 valence electrons. The summed E-state index contributed by atoms with van der Waals surface area (Å²) >= 11 is 0. The Hall–Kier alpha value is -1.93. The Morgan fingerprint density at radius 1 is 1.56 bits per heavy atom. The lowest BCUT2D eigenvalue weighted by atomic mass is 10.3. The molecule has 0 aromatic heterocycles. The van der Waals surface area contributed by atoms with E-state index >= 15 is 0 Å². The largest absolute Gasteiger partial charge is 0.495 e. The average Bonchev–Trinajstić information content (AvgIpc) is 2.35. The second-order valence-corrected chi connectivity index (χ2v) is 4.97. The minimum absolute atomic E-state index is 0.0220. The molecule has 1 aromatic carbocycles. The van der Waals surface area contributed by atoms with Crippen molar-refractivity contribution in [1.29, 1.82) is 0 Å². The summed E-state index contributed by atoms with van der Waals surface area (Å²) in [4.78, 5) is 9.68. The van der Waals surface area contributed by atoms with Gasteiger partial charge >= 0.3 is 0 Å². The number of non-ortho nitro benzene ring substituents is 1. The minimum Gasteiger partial charge on any atom is -0.495 e. The van der Waals surface area contributed by atoms with E-state index in [0.717, 1.165) is 6.07 Å². The van der Waals surface area contributed by atoms with Crippen molar-refractivity contribution < 1.29 is 18.1 Å². The predicted octanol–water partition coefficient (Wildman–Crippen LogP) is 1.07. The zero-order valence-electron chi connectivity index (χ0n) is 9.62. The highest BCUT2D eigenvalue weighted by molar-refractivity contribution is 7.89. The number of hydrogen-bond acceptors (Lipinski definition) is 5. The molecule has 0 saturated carbocycles. The second-order valence-electron chi connectivity index (χ2n) is 3.23. The average molecular weight is 272 g/mol. The maximum atomic E-state index is 11.9. The first kappa shape index (κ1) is 14.1. The number of rotatable bonds is 6. The fraction of sp³-hybridized carbons (Fsp3) is 0.200. The molecule has 0 aliphatic carbocycles. The molecule has 0 aliphatic heterocycles. The van der Waals surface area contributed by atoms with Crippen LogP contribution in [-0.4, -0.2) is 27.0 Å². The molecule has 0 spiro atoms. The van der Waals surface area contributed by atoms with E-state index in [2.05, 4.69) is 11.3 Å². The normalized spacial score (nSPS) is 10.9. The quantitative estimate of drug-likeness (QED) is 0.474. The number of nitro groups is 1. The standard InChI is InChI=1S/C10H12N2O5S/c1-3-6-11-18(15,16)10-7-8(12(13)14)4-5-9(10)17-2/h3-5,7,11H,1,6H2,2H3. The first-order valence-corrected chi connectivity index (χ1v) is 6.33. The molecule has 0 atom stereocenters. The highest BCUT2D eigenvalue weighted by atomic mass is 32.2. The van der Waals surface area contributed by atoms with E-state index in [9.17, 15) is 18.5 Å². The van der Waals surface area contributed by atoms with Crippen molar-refractivity contribution >= 4 is 15.7 Å². The predicted molar refractivity (Wildman–Crippen MR) is 65.0 cm³/mol. The molecule has 0 heterocycles. The molecular weight excluding hydrogens is 260 g/mol. The lowest BCUT2D eigenvalue weighted by Crippen LogP contribution is -2.24. The minimum atomic E-state index is -3.87. The molecule has 1 rings (SSSR count). The Morgan fingerprint density at radius 2 is 2.22 bits per heavy atom. The molecule has 18 heavy (non-hydrogen) atoms. The Bertz CT molecular complexity index is 568. The molecular formula is C10H12N2O5S. The molecule has 0 bridgehead atoms. The van der Waals surface area contributed by atoms with E-state index in [1.54, 1.807) is 0 Å². The summed E-state index contributed by atoms with van der Waals surface area (Å²) in [6.45, 7) is 3.40. The summed E-state index contributed by atoms with van der Waals surface area (Å²) in [5.74, 6) is 0.0390. The summed E-state index contributed by atoms with van der Waals surface area (Å²) in [5.41, 5.74) is -0.324. The van der Waals surface area contributed by atoms with E-state index in [-0.39, 0.29) is 22.9 Å². The van der Waals surface area contributed by atoms with Gasteiger partial charge in [0.25, 0.3) is 5.69 Å². The maximum absolute atomic E-state index is 11.9. The van der Waals surface area contributed by atoms with Crippen LogP contribution in [0.5, 0.6) is 5.75 Å². The van der Waals surface area contributed by atoms with Crippen molar-refractivity contribution in [3.05, 3.63) is 41.0 Å². The molecule has 8 heteroatoms. The van der Waals surface area contributed by atoms with Crippen LogP contribution in [0.1, 0.15) is 0 Å². The fourth-order valence-electron chi connectivity index (χ4n) is 1.24. The van der Waals surface area contributed by atoms with Gasteiger partial charge in [-0.15, -0.1) is 6.58 Å². The van der Waals surface area contributed by atoms with Crippen LogP contribution in [0, 0.1) is 10.1 Å². The molecule has 0 fully saturated rings. The zero-order valence-corrected chi connectivity index (χ0v) is 10.4. The molecule has 0 unspecified atom stereocenters. The van der Waals surface area contributed by atoms with Crippen LogP contribution in [0.3, 0.4) is 0 Å². The Morgan fingerprint density at radius 3 is 2.72 bits per heavy atom. The van der Waals surface area contributed by atoms with Gasteiger partial charge in [0.05, 0.1) is 12.0 Å². The van der Waals surface area contributed by atoms with Crippen LogP contribution in [0.15, 0.2) is 35.7 Å². The first-order chi connectivity index (χ1) is 8.42. The van der Waals surface area contributed by atoms with Crippen molar-refractivity contribution in [2.45, 2.75) is 4.90 Å². The second kappa shape index (κ2) is 5.61. The summed E-state index contributed by atoms with van der Waals surface area (Å²) < 4.78 is 30.9. The van der Waals surface area contributed by atoms with Gasteiger partial charge in [0.15, 0.2) is 0 Å². The van der Waals surface area contributed by atoms with Crippen molar-refractivity contribution in [3.8, 4) is 5.75 Å². The van der Waals surface area contributed by atoms with Crippen molar-refractivity contribution in [2.24, 2.45) is 0 Å². The van der Waals surface area contributed by atoms with Gasteiger partial charge in [-0.05, 0) is 6.07 Å². The van der Waals surface area contributed by atoms with Crippen LogP contribution in [0.25, 0.3) is 0 Å². The third kappa shape index (κ3) is 3.05. The van der Waals surface area contributed by atoms with Crippen LogP contribution >= 0.6 is 0 Å². The topological polar surface area (TPSA) is 98.5 Å². The molecule has 1 aromatic rings. The highest BCUT2D eigenvalue weighted by Gasteiger charge is 2.22. The van der Waals surface area contributed by atoms with Crippen molar-refractivity contribution in [1.82, 2.24) is 4.72 Å². The molecule has 1 N–H and O–H groups in total. The van der Waals surface area contributed by atoms with Gasteiger partial charge in [0.1, 0.15) is 10.6 Å². The van der Waals surface area contributed by atoms with Gasteiger partial charge < -0.3 is 4.74 Å². The number of ether oxygens (including phenoxy) is 1. The van der Waals surface area contributed by atoms with Crippen LogP contribution in [-0.2, 0) is 10.0 Å². The number of nitrogens with zero attached hydrogens (tertiary/aromatic N) is 1. The number of nitrogens with one attached hydrogen (secondary N) is 1. The van der Waals surface area contributed by atoms with Crippen molar-refractivity contribution in [3.63, 3.8) is 0 Å². The van der Waals surface area contributed by atoms with Gasteiger partial charge in [-0.25, -0.2) is 13.1 Å². The maximum Gasteiger partial charge on any atom is 0.271 e. The summed E-state index contributed by atoms with van der Waals surface area (Å²) in [6.07, 6.45) is 1.36. The number of nitro benzene ring substituents is 1. The van der Waals surface area contributed by atoms with E-state index in [1.807, 2.05) is 0 Å². The molecule has 0 saturated heterocycles. The van der Waals surface area contributed by atoms with E-state index in [0.29, 0.717) is 0 Å². The van der Waals surface area contributed by atoms with Crippen LogP contribution in [0.4, 0.5) is 5.69 Å². The summed E-state index contributed by atoms with van der Waals surface area (Å²) in [7, 11) is -2.59. The third-order valence-electron chi connectivity index (χ3n) is 2.07. The van der Waals surface area contributed by atoms with Gasteiger partial charge in [-0.1, -0.05) is 6.08 Å². The monoisotopic (exact) mass is 272 g/mol.